The number of halogens is 1. The molecule has 0 aromatic heterocycles. The normalized spacial score (nSPS) is 22.9. The predicted octanol–water partition coefficient (Wildman–Crippen LogP) is 3.71. The summed E-state index contributed by atoms with van der Waals surface area (Å²) in [5, 5.41) is 0. The van der Waals surface area contributed by atoms with Crippen molar-refractivity contribution in [2.45, 2.75) is 52.2 Å². The summed E-state index contributed by atoms with van der Waals surface area (Å²) in [4.78, 5) is 0. The lowest BCUT2D eigenvalue weighted by Gasteiger charge is -2.32. The van der Waals surface area contributed by atoms with Gasteiger partial charge in [-0.25, -0.2) is 4.39 Å². The monoisotopic (exact) mass is 274 g/mol. The van der Waals surface area contributed by atoms with E-state index in [0.717, 1.165) is 23.0 Å². The van der Waals surface area contributed by atoms with E-state index in [4.69, 9.17) is 9.31 Å². The van der Waals surface area contributed by atoms with E-state index in [1.807, 2.05) is 33.8 Å². The molecule has 1 fully saturated rings. The van der Waals surface area contributed by atoms with Crippen LogP contribution in [-0.4, -0.2) is 18.3 Å². The molecule has 1 aliphatic carbocycles. The molecule has 3 rings (SSSR count). The molecule has 1 aromatic rings. The summed E-state index contributed by atoms with van der Waals surface area (Å²) in [5.74, 6) is -0.146. The van der Waals surface area contributed by atoms with Gasteiger partial charge in [-0.2, -0.15) is 0 Å². The van der Waals surface area contributed by atoms with Crippen molar-refractivity contribution in [3.05, 3.63) is 40.7 Å². The highest BCUT2D eigenvalue weighted by atomic mass is 19.1. The molecule has 1 heterocycles. The predicted molar refractivity (Wildman–Crippen MR) is 78.9 cm³/mol. The van der Waals surface area contributed by atoms with E-state index in [0.29, 0.717) is 5.56 Å². The zero-order chi connectivity index (χ0) is 14.7. The van der Waals surface area contributed by atoms with Crippen molar-refractivity contribution >= 4 is 12.6 Å². The molecular formula is C16H20BFO2. The van der Waals surface area contributed by atoms with Crippen LogP contribution in [0, 0.1) is 12.7 Å². The lowest BCUT2D eigenvalue weighted by atomic mass is 9.75. The average molecular weight is 274 g/mol. The minimum atomic E-state index is -0.369. The summed E-state index contributed by atoms with van der Waals surface area (Å²) in [7, 11) is -0.369. The first kappa shape index (κ1) is 13.8. The number of fused-ring (bicyclic) bond motifs is 1. The van der Waals surface area contributed by atoms with Crippen LogP contribution in [0.1, 0.15) is 44.4 Å². The van der Waals surface area contributed by atoms with Gasteiger partial charge in [-0.05, 0) is 75.3 Å². The Labute approximate surface area is 120 Å². The molecule has 106 valence electrons. The molecule has 2 aliphatic rings. The molecule has 1 saturated heterocycles. The second kappa shape index (κ2) is 4.19. The highest BCUT2D eigenvalue weighted by Gasteiger charge is 2.53. The van der Waals surface area contributed by atoms with E-state index in [-0.39, 0.29) is 24.1 Å². The van der Waals surface area contributed by atoms with Crippen molar-refractivity contribution in [3.8, 4) is 0 Å². The Morgan fingerprint density at radius 2 is 1.70 bits per heavy atom. The fraction of sp³-hybridized carbons (Fsp3) is 0.500. The first-order valence-corrected chi connectivity index (χ1v) is 7.06. The average Bonchev–Trinajstić information content (AvgIpc) is 2.79. The zero-order valence-electron chi connectivity index (χ0n) is 12.7. The Balaban J connectivity index is 1.95. The van der Waals surface area contributed by atoms with Crippen molar-refractivity contribution in [2.75, 3.05) is 0 Å². The van der Waals surface area contributed by atoms with Crippen LogP contribution in [0.25, 0.3) is 5.47 Å². The van der Waals surface area contributed by atoms with Crippen LogP contribution in [0.3, 0.4) is 0 Å². The van der Waals surface area contributed by atoms with Gasteiger partial charge >= 0.3 is 7.12 Å². The molecule has 0 radical (unpaired) electrons. The van der Waals surface area contributed by atoms with Gasteiger partial charge in [-0.1, -0.05) is 6.08 Å². The van der Waals surface area contributed by atoms with Crippen LogP contribution >= 0.6 is 0 Å². The molecular weight excluding hydrogens is 254 g/mol. The van der Waals surface area contributed by atoms with Crippen LogP contribution in [0.5, 0.6) is 0 Å². The standard InChI is InChI=1S/C16H20BFO2/c1-10-8-12-11(9-14(10)18)6-7-13(12)17-19-15(2,3)16(4,5)20-17/h7-9H,6H2,1-5H3. The van der Waals surface area contributed by atoms with Gasteiger partial charge in [0, 0.05) is 0 Å². The van der Waals surface area contributed by atoms with Gasteiger partial charge in [0.1, 0.15) is 5.82 Å². The van der Waals surface area contributed by atoms with E-state index < -0.39 is 0 Å². The molecule has 0 unspecified atom stereocenters. The maximum atomic E-state index is 13.6. The van der Waals surface area contributed by atoms with Crippen LogP contribution in [0.15, 0.2) is 18.2 Å². The van der Waals surface area contributed by atoms with E-state index in [2.05, 4.69) is 6.08 Å². The maximum Gasteiger partial charge on any atom is 0.495 e. The Morgan fingerprint density at radius 1 is 1.10 bits per heavy atom. The van der Waals surface area contributed by atoms with E-state index in [9.17, 15) is 4.39 Å². The van der Waals surface area contributed by atoms with Gasteiger partial charge in [-0.15, -0.1) is 0 Å². The molecule has 0 atom stereocenters. The lowest BCUT2D eigenvalue weighted by Crippen LogP contribution is -2.41. The number of hydrogen-bond acceptors (Lipinski definition) is 2. The number of aryl methyl sites for hydroxylation is 1. The van der Waals surface area contributed by atoms with Crippen LogP contribution in [0.2, 0.25) is 0 Å². The Morgan fingerprint density at radius 3 is 2.30 bits per heavy atom. The van der Waals surface area contributed by atoms with Gasteiger partial charge in [0.05, 0.1) is 11.2 Å². The molecule has 0 saturated carbocycles. The Hall–Kier alpha value is -1.13. The second-order valence-corrected chi connectivity index (χ2v) is 6.71. The molecule has 0 amide bonds. The molecule has 0 spiro atoms. The fourth-order valence-electron chi connectivity index (χ4n) is 2.68. The molecule has 0 N–H and O–H groups in total. The van der Waals surface area contributed by atoms with E-state index >= 15 is 0 Å². The summed E-state index contributed by atoms with van der Waals surface area (Å²) in [6, 6.07) is 3.52. The van der Waals surface area contributed by atoms with Gasteiger partial charge in [0.2, 0.25) is 0 Å². The van der Waals surface area contributed by atoms with Crippen LogP contribution in [-0.2, 0) is 15.7 Å². The quantitative estimate of drug-likeness (QED) is 0.727. The molecule has 20 heavy (non-hydrogen) atoms. The van der Waals surface area contributed by atoms with Crippen molar-refractivity contribution in [3.63, 3.8) is 0 Å². The topological polar surface area (TPSA) is 18.5 Å². The summed E-state index contributed by atoms with van der Waals surface area (Å²) < 4.78 is 25.8. The van der Waals surface area contributed by atoms with Gasteiger partial charge in [-0.3, -0.25) is 0 Å². The first-order valence-electron chi connectivity index (χ1n) is 7.06. The lowest BCUT2D eigenvalue weighted by molar-refractivity contribution is 0.00578. The third-order valence-corrected chi connectivity index (χ3v) is 4.74. The molecule has 2 nitrogen and oxygen atoms in total. The number of benzene rings is 1. The van der Waals surface area contributed by atoms with Crippen LogP contribution in [0.4, 0.5) is 4.39 Å². The van der Waals surface area contributed by atoms with Crippen molar-refractivity contribution < 1.29 is 13.7 Å². The van der Waals surface area contributed by atoms with Gasteiger partial charge in [0.25, 0.3) is 0 Å². The minimum absolute atomic E-state index is 0.146. The van der Waals surface area contributed by atoms with Crippen molar-refractivity contribution in [1.29, 1.82) is 0 Å². The maximum absolute atomic E-state index is 13.6. The largest absolute Gasteiger partial charge is 0.495 e. The molecule has 1 aromatic carbocycles. The number of hydrogen-bond donors (Lipinski definition) is 0. The summed E-state index contributed by atoms with van der Waals surface area (Å²) in [6.45, 7) is 9.95. The molecule has 4 heteroatoms. The second-order valence-electron chi connectivity index (χ2n) is 6.71. The highest BCUT2D eigenvalue weighted by Crippen LogP contribution is 2.42. The third kappa shape index (κ3) is 1.94. The highest BCUT2D eigenvalue weighted by molar-refractivity contribution is 6.69. The third-order valence-electron chi connectivity index (χ3n) is 4.74. The van der Waals surface area contributed by atoms with Crippen molar-refractivity contribution in [1.82, 2.24) is 0 Å². The molecule has 0 bridgehead atoms. The zero-order valence-corrected chi connectivity index (χ0v) is 12.7. The van der Waals surface area contributed by atoms with Gasteiger partial charge in [0.15, 0.2) is 0 Å². The van der Waals surface area contributed by atoms with E-state index in [1.165, 1.54) is 0 Å². The number of allylic oxidation sites excluding steroid dienone is 1. The van der Waals surface area contributed by atoms with Crippen LogP contribution < -0.4 is 0 Å². The summed E-state index contributed by atoms with van der Waals surface area (Å²) in [5.41, 5.74) is 3.06. The van der Waals surface area contributed by atoms with Crippen molar-refractivity contribution in [2.24, 2.45) is 0 Å². The smallest absolute Gasteiger partial charge is 0.399 e. The van der Waals surface area contributed by atoms with E-state index in [1.54, 1.807) is 13.0 Å². The summed E-state index contributed by atoms with van der Waals surface area (Å²) >= 11 is 0. The fourth-order valence-corrected chi connectivity index (χ4v) is 2.68. The Bertz CT molecular complexity index is 589. The Kier molecular flexibility index (Phi) is 2.90. The van der Waals surface area contributed by atoms with Gasteiger partial charge < -0.3 is 9.31 Å². The SMILES string of the molecule is Cc1cc2c(cc1F)CC=C2B1OC(C)(C)C(C)(C)O1. The first-order chi connectivity index (χ1) is 9.21. The number of rotatable bonds is 1. The molecule has 1 aliphatic heterocycles. The minimum Gasteiger partial charge on any atom is -0.399 e. The summed E-state index contributed by atoms with van der Waals surface area (Å²) in [6.07, 6.45) is 2.83.